The van der Waals surface area contributed by atoms with Gasteiger partial charge in [-0.15, -0.1) is 5.10 Å². The summed E-state index contributed by atoms with van der Waals surface area (Å²) in [5.74, 6) is 1.57. The molecule has 2 heterocycles. The maximum absolute atomic E-state index is 12.1. The summed E-state index contributed by atoms with van der Waals surface area (Å²) in [4.78, 5) is 18.5. The van der Waals surface area contributed by atoms with Crippen LogP contribution >= 0.6 is 0 Å². The summed E-state index contributed by atoms with van der Waals surface area (Å²) < 4.78 is 0. The van der Waals surface area contributed by atoms with Crippen molar-refractivity contribution in [3.8, 4) is 0 Å². The summed E-state index contributed by atoms with van der Waals surface area (Å²) in [6.07, 6.45) is 1.92. The summed E-state index contributed by atoms with van der Waals surface area (Å²) in [5, 5.41) is 9.77. The molecule has 128 valence electrons. The number of carbonyl (C=O) groups excluding carboxylic acids is 1. The van der Waals surface area contributed by atoms with Crippen molar-refractivity contribution in [1.29, 1.82) is 0 Å². The maximum Gasteiger partial charge on any atom is 0.239 e. The molecular formula is C17H24N6O. The van der Waals surface area contributed by atoms with Crippen LogP contribution in [0.25, 0.3) is 0 Å². The van der Waals surface area contributed by atoms with E-state index >= 15 is 0 Å². The predicted molar refractivity (Wildman–Crippen MR) is 92.2 cm³/mol. The third kappa shape index (κ3) is 4.32. The molecular weight excluding hydrogens is 304 g/mol. The van der Waals surface area contributed by atoms with Gasteiger partial charge in [0.05, 0.1) is 6.54 Å². The van der Waals surface area contributed by atoms with E-state index in [9.17, 15) is 4.79 Å². The topological polar surface area (TPSA) is 99.9 Å². The largest absolute Gasteiger partial charge is 0.367 e. The molecule has 4 N–H and O–H groups in total. The lowest BCUT2D eigenvalue weighted by atomic mass is 9.96. The highest BCUT2D eigenvalue weighted by Gasteiger charge is 2.24. The number of nitrogens with zero attached hydrogens (tertiary/aromatic N) is 3. The number of H-pyrrole nitrogens is 1. The van der Waals surface area contributed by atoms with E-state index in [1.807, 2.05) is 12.1 Å². The van der Waals surface area contributed by atoms with Crippen LogP contribution in [-0.4, -0.2) is 45.6 Å². The highest BCUT2D eigenvalue weighted by molar-refractivity contribution is 5.78. The molecule has 1 aromatic carbocycles. The Morgan fingerprint density at radius 1 is 1.42 bits per heavy atom. The van der Waals surface area contributed by atoms with Crippen molar-refractivity contribution >= 4 is 11.9 Å². The molecule has 0 bridgehead atoms. The molecule has 1 aliphatic rings. The van der Waals surface area contributed by atoms with Gasteiger partial charge in [-0.3, -0.25) is 14.8 Å². The first-order valence-corrected chi connectivity index (χ1v) is 8.32. The Bertz CT molecular complexity index is 690. The molecule has 7 nitrogen and oxygen atoms in total. The van der Waals surface area contributed by atoms with E-state index in [0.29, 0.717) is 25.0 Å². The molecule has 1 aliphatic heterocycles. The molecule has 0 radical (unpaired) electrons. The average Bonchev–Trinajstić information content (AvgIpc) is 3.00. The van der Waals surface area contributed by atoms with Crippen molar-refractivity contribution in [2.75, 3.05) is 25.4 Å². The quantitative estimate of drug-likeness (QED) is 0.765. The molecule has 24 heavy (non-hydrogen) atoms. The van der Waals surface area contributed by atoms with E-state index in [2.05, 4.69) is 44.5 Å². The van der Waals surface area contributed by atoms with Crippen LogP contribution in [0.2, 0.25) is 0 Å². The zero-order chi connectivity index (χ0) is 16.9. The van der Waals surface area contributed by atoms with Gasteiger partial charge in [0.1, 0.15) is 5.82 Å². The van der Waals surface area contributed by atoms with Gasteiger partial charge < -0.3 is 11.1 Å². The summed E-state index contributed by atoms with van der Waals surface area (Å²) in [6.45, 7) is 4.83. The summed E-state index contributed by atoms with van der Waals surface area (Å²) in [5.41, 5.74) is 7.89. The number of aromatic nitrogens is 3. The van der Waals surface area contributed by atoms with Gasteiger partial charge in [-0.1, -0.05) is 29.8 Å². The second-order valence-corrected chi connectivity index (χ2v) is 6.40. The zero-order valence-corrected chi connectivity index (χ0v) is 14.0. The minimum absolute atomic E-state index is 0.0684. The van der Waals surface area contributed by atoms with E-state index in [0.717, 1.165) is 37.3 Å². The van der Waals surface area contributed by atoms with Crippen LogP contribution in [0.4, 0.5) is 5.95 Å². The lowest BCUT2D eigenvalue weighted by Gasteiger charge is -2.30. The molecule has 7 heteroatoms. The van der Waals surface area contributed by atoms with Crippen LogP contribution in [0.15, 0.2) is 24.3 Å². The number of piperidine rings is 1. The Morgan fingerprint density at radius 2 is 2.21 bits per heavy atom. The molecule has 1 aromatic heterocycles. The molecule has 1 fully saturated rings. The van der Waals surface area contributed by atoms with Gasteiger partial charge in [0.2, 0.25) is 11.9 Å². The standard InChI is InChI=1S/C17H24N6O/c1-12-3-2-4-13(9-12)10-19-15(24)11-23-7-5-14(6-8-23)16-20-17(18)22-21-16/h2-4,9,14H,5-8,10-11H2,1H3,(H,19,24)(H3,18,20,21,22). The number of nitrogens with two attached hydrogens (primary N) is 1. The van der Waals surface area contributed by atoms with Gasteiger partial charge in [0, 0.05) is 12.5 Å². The summed E-state index contributed by atoms with van der Waals surface area (Å²) >= 11 is 0. The number of nitrogens with one attached hydrogen (secondary N) is 2. The number of amides is 1. The summed E-state index contributed by atoms with van der Waals surface area (Å²) in [6, 6.07) is 8.19. The van der Waals surface area contributed by atoms with Gasteiger partial charge in [-0.2, -0.15) is 4.98 Å². The monoisotopic (exact) mass is 328 g/mol. The van der Waals surface area contributed by atoms with Gasteiger partial charge >= 0.3 is 0 Å². The number of hydrogen-bond acceptors (Lipinski definition) is 5. The molecule has 3 rings (SSSR count). The van der Waals surface area contributed by atoms with E-state index in [1.54, 1.807) is 0 Å². The number of rotatable bonds is 5. The molecule has 0 saturated carbocycles. The lowest BCUT2D eigenvalue weighted by Crippen LogP contribution is -2.41. The number of anilines is 1. The van der Waals surface area contributed by atoms with Gasteiger partial charge in [-0.05, 0) is 38.4 Å². The van der Waals surface area contributed by atoms with E-state index in [4.69, 9.17) is 5.73 Å². The number of benzene rings is 1. The van der Waals surface area contributed by atoms with Gasteiger partial charge in [0.15, 0.2) is 0 Å². The Balaban J connectivity index is 1.41. The molecule has 0 atom stereocenters. The Morgan fingerprint density at radius 3 is 2.88 bits per heavy atom. The zero-order valence-electron chi connectivity index (χ0n) is 14.0. The lowest BCUT2D eigenvalue weighted by molar-refractivity contribution is -0.122. The fourth-order valence-electron chi connectivity index (χ4n) is 3.12. The van der Waals surface area contributed by atoms with Crippen LogP contribution in [0.5, 0.6) is 0 Å². The van der Waals surface area contributed by atoms with Crippen LogP contribution in [0, 0.1) is 6.92 Å². The van der Waals surface area contributed by atoms with Crippen LogP contribution in [0.3, 0.4) is 0 Å². The smallest absolute Gasteiger partial charge is 0.239 e. The number of carbonyl (C=O) groups is 1. The van der Waals surface area contributed by atoms with Crippen molar-refractivity contribution in [1.82, 2.24) is 25.4 Å². The van der Waals surface area contributed by atoms with Gasteiger partial charge in [0.25, 0.3) is 0 Å². The normalized spacial score (nSPS) is 16.2. The molecule has 1 amide bonds. The first-order valence-electron chi connectivity index (χ1n) is 8.32. The predicted octanol–water partition coefficient (Wildman–Crippen LogP) is 1.19. The average molecular weight is 328 g/mol. The Kier molecular flexibility index (Phi) is 5.10. The molecule has 1 saturated heterocycles. The van der Waals surface area contributed by atoms with Crippen molar-refractivity contribution in [2.45, 2.75) is 32.2 Å². The van der Waals surface area contributed by atoms with Crippen LogP contribution in [-0.2, 0) is 11.3 Å². The Labute approximate surface area is 141 Å². The minimum Gasteiger partial charge on any atom is -0.367 e. The summed E-state index contributed by atoms with van der Waals surface area (Å²) in [7, 11) is 0. The van der Waals surface area contributed by atoms with Crippen LogP contribution < -0.4 is 11.1 Å². The first kappa shape index (κ1) is 16.4. The first-order chi connectivity index (χ1) is 11.6. The van der Waals surface area contributed by atoms with Crippen molar-refractivity contribution < 1.29 is 4.79 Å². The van der Waals surface area contributed by atoms with Crippen molar-refractivity contribution in [2.24, 2.45) is 0 Å². The number of likely N-dealkylation sites (tertiary alicyclic amines) is 1. The SMILES string of the molecule is Cc1cccc(CNC(=O)CN2CCC(c3nc(N)n[nH]3)CC2)c1. The third-order valence-corrected chi connectivity index (χ3v) is 4.43. The van der Waals surface area contributed by atoms with Crippen LogP contribution in [0.1, 0.15) is 35.7 Å². The fourth-order valence-corrected chi connectivity index (χ4v) is 3.12. The molecule has 0 spiro atoms. The van der Waals surface area contributed by atoms with Crippen molar-refractivity contribution in [3.63, 3.8) is 0 Å². The fraction of sp³-hybridized carbons (Fsp3) is 0.471. The molecule has 2 aromatic rings. The third-order valence-electron chi connectivity index (χ3n) is 4.43. The Hall–Kier alpha value is -2.41. The highest BCUT2D eigenvalue weighted by atomic mass is 16.2. The minimum atomic E-state index is 0.0684. The van der Waals surface area contributed by atoms with Crippen molar-refractivity contribution in [3.05, 3.63) is 41.2 Å². The molecule has 0 unspecified atom stereocenters. The van der Waals surface area contributed by atoms with E-state index in [1.165, 1.54) is 5.56 Å². The highest BCUT2D eigenvalue weighted by Crippen LogP contribution is 2.25. The van der Waals surface area contributed by atoms with E-state index in [-0.39, 0.29) is 5.91 Å². The number of nitrogen functional groups attached to an aromatic ring is 1. The van der Waals surface area contributed by atoms with E-state index < -0.39 is 0 Å². The number of hydrogen-bond donors (Lipinski definition) is 3. The second-order valence-electron chi connectivity index (χ2n) is 6.40. The second kappa shape index (κ2) is 7.44. The molecule has 0 aliphatic carbocycles. The number of aromatic amines is 1. The maximum atomic E-state index is 12.1. The van der Waals surface area contributed by atoms with Gasteiger partial charge in [-0.25, -0.2) is 0 Å². The number of aryl methyl sites for hydroxylation is 1.